The SMILES string of the molecule is CC(=O)O.[Cu].[O]=[Ti]=[O]. The first-order valence-electron chi connectivity index (χ1n) is 1.34. The van der Waals surface area contributed by atoms with E-state index in [0.717, 1.165) is 6.92 Å². The van der Waals surface area contributed by atoms with Gasteiger partial charge < -0.3 is 5.11 Å². The van der Waals surface area contributed by atoms with Crippen LogP contribution in [-0.2, 0) is 47.6 Å². The van der Waals surface area contributed by atoms with E-state index in [9.17, 15) is 0 Å². The average molecular weight is 203 g/mol. The summed E-state index contributed by atoms with van der Waals surface area (Å²) in [6.45, 7) is 1.08. The van der Waals surface area contributed by atoms with Gasteiger partial charge >= 0.3 is 25.7 Å². The Hall–Kier alpha value is 0.304. The van der Waals surface area contributed by atoms with Gasteiger partial charge in [-0.15, -0.1) is 0 Å². The van der Waals surface area contributed by atoms with Crippen molar-refractivity contribution < 1.29 is 52.7 Å². The molecule has 0 bridgehead atoms. The number of carbonyl (C=O) groups is 1. The number of aliphatic carboxylic acids is 1. The number of carboxylic acid groups (broad SMARTS) is 1. The molecule has 51 valence electrons. The van der Waals surface area contributed by atoms with Gasteiger partial charge in [-0.25, -0.2) is 0 Å². The van der Waals surface area contributed by atoms with Crippen LogP contribution in [0.4, 0.5) is 0 Å². The summed E-state index contributed by atoms with van der Waals surface area (Å²) < 4.78 is 17.0. The van der Waals surface area contributed by atoms with E-state index in [1.807, 2.05) is 0 Å². The van der Waals surface area contributed by atoms with Crippen LogP contribution >= 0.6 is 0 Å². The van der Waals surface area contributed by atoms with Crippen molar-refractivity contribution in [3.05, 3.63) is 0 Å². The first kappa shape index (κ1) is 15.7. The zero-order valence-electron chi connectivity index (χ0n) is 3.97. The van der Waals surface area contributed by atoms with E-state index < -0.39 is 25.1 Å². The Balaban J connectivity index is -0.0000000575. The van der Waals surface area contributed by atoms with Gasteiger partial charge in [0.15, 0.2) is 0 Å². The Morgan fingerprint density at radius 3 is 1.50 bits per heavy atom. The molecule has 0 aromatic carbocycles. The summed E-state index contributed by atoms with van der Waals surface area (Å²) in [6.07, 6.45) is 0. The zero-order valence-corrected chi connectivity index (χ0v) is 6.48. The summed E-state index contributed by atoms with van der Waals surface area (Å²) in [5.74, 6) is -0.833. The molecule has 0 saturated heterocycles. The molecule has 0 heterocycles. The molecule has 0 aliphatic rings. The summed E-state index contributed by atoms with van der Waals surface area (Å²) in [5.41, 5.74) is 0. The van der Waals surface area contributed by atoms with Crippen molar-refractivity contribution in [3.8, 4) is 0 Å². The average Bonchev–Trinajstić information content (AvgIpc) is 1.33. The molecular weight excluding hydrogens is 199 g/mol. The minimum absolute atomic E-state index is 0. The first-order valence-corrected chi connectivity index (χ1v) is 2.61. The summed E-state index contributed by atoms with van der Waals surface area (Å²) >= 11 is -2.00. The molecule has 0 spiro atoms. The fourth-order valence-corrected chi connectivity index (χ4v) is 0. The molecule has 0 aromatic heterocycles. The molecule has 0 fully saturated rings. The summed E-state index contributed by atoms with van der Waals surface area (Å²) in [7, 11) is 0. The van der Waals surface area contributed by atoms with Gasteiger partial charge in [0.25, 0.3) is 5.97 Å². The van der Waals surface area contributed by atoms with E-state index in [0.29, 0.717) is 0 Å². The molecular formula is C2H4CuO4Ti. The van der Waals surface area contributed by atoms with E-state index in [-0.39, 0.29) is 17.1 Å². The number of hydrogen-bond acceptors (Lipinski definition) is 3. The van der Waals surface area contributed by atoms with Crippen LogP contribution in [0.2, 0.25) is 0 Å². The van der Waals surface area contributed by atoms with Crippen molar-refractivity contribution in [2.75, 3.05) is 0 Å². The summed E-state index contributed by atoms with van der Waals surface area (Å²) in [6, 6.07) is 0. The normalized spacial score (nSPS) is 4.12. The van der Waals surface area contributed by atoms with Crippen molar-refractivity contribution in [1.29, 1.82) is 0 Å². The molecule has 0 atom stereocenters. The molecule has 0 aliphatic heterocycles. The Morgan fingerprint density at radius 2 is 1.50 bits per heavy atom. The van der Waals surface area contributed by atoms with E-state index in [1.165, 1.54) is 0 Å². The Bertz CT molecular complexity index is 82.0. The molecule has 1 N–H and O–H groups in total. The van der Waals surface area contributed by atoms with Gasteiger partial charge in [0.1, 0.15) is 0 Å². The van der Waals surface area contributed by atoms with Crippen molar-refractivity contribution >= 4 is 5.97 Å². The van der Waals surface area contributed by atoms with Gasteiger partial charge in [0.05, 0.1) is 0 Å². The van der Waals surface area contributed by atoms with Crippen molar-refractivity contribution in [1.82, 2.24) is 0 Å². The van der Waals surface area contributed by atoms with Gasteiger partial charge in [-0.3, -0.25) is 4.79 Å². The molecule has 4 nitrogen and oxygen atoms in total. The van der Waals surface area contributed by atoms with E-state index in [1.54, 1.807) is 0 Å². The maximum absolute atomic E-state index is 9.00. The fraction of sp³-hybridized carbons (Fsp3) is 0.500. The number of carboxylic acids is 1. The minimum atomic E-state index is -2.00. The molecule has 6 heteroatoms. The van der Waals surface area contributed by atoms with Crippen LogP contribution in [0.25, 0.3) is 0 Å². The first-order chi connectivity index (χ1) is 3.15. The second-order valence-electron chi connectivity index (χ2n) is 0.602. The number of hydrogen-bond donors (Lipinski definition) is 1. The third kappa shape index (κ3) is 1920. The Morgan fingerprint density at radius 1 is 1.50 bits per heavy atom. The molecule has 0 aromatic rings. The standard InChI is InChI=1S/C2H4O2.Cu.2O.Ti/c1-2(3)4;;;;/h1H3,(H,3,4);;;;. The quantitative estimate of drug-likeness (QED) is 0.556. The predicted octanol–water partition coefficient (Wildman–Crippen LogP) is -0.152. The Labute approximate surface area is 65.7 Å². The van der Waals surface area contributed by atoms with Crippen LogP contribution in [0.5, 0.6) is 0 Å². The summed E-state index contributed by atoms with van der Waals surface area (Å²) in [5, 5.41) is 7.42. The monoisotopic (exact) mass is 203 g/mol. The Kier molecular flexibility index (Phi) is 30.8. The molecule has 0 amide bonds. The molecule has 8 heavy (non-hydrogen) atoms. The van der Waals surface area contributed by atoms with Crippen LogP contribution in [-0.4, -0.2) is 11.1 Å². The van der Waals surface area contributed by atoms with Gasteiger partial charge in [0.2, 0.25) is 0 Å². The van der Waals surface area contributed by atoms with E-state index in [2.05, 4.69) is 0 Å². The second kappa shape index (κ2) is 15.7. The molecule has 0 saturated carbocycles. The predicted molar refractivity (Wildman–Crippen MR) is 14.7 cm³/mol. The van der Waals surface area contributed by atoms with Crippen LogP contribution in [0.1, 0.15) is 6.92 Å². The summed E-state index contributed by atoms with van der Waals surface area (Å²) in [4.78, 5) is 9.00. The second-order valence-corrected chi connectivity index (χ2v) is 0.863. The molecule has 0 aliphatic carbocycles. The van der Waals surface area contributed by atoms with Gasteiger partial charge in [0, 0.05) is 24.0 Å². The van der Waals surface area contributed by atoms with Crippen LogP contribution in [0, 0.1) is 0 Å². The third-order valence-corrected chi connectivity index (χ3v) is 0. The van der Waals surface area contributed by atoms with Crippen molar-refractivity contribution in [2.45, 2.75) is 6.92 Å². The van der Waals surface area contributed by atoms with Gasteiger partial charge in [-0.1, -0.05) is 0 Å². The topological polar surface area (TPSA) is 71.4 Å². The van der Waals surface area contributed by atoms with Crippen molar-refractivity contribution in [2.24, 2.45) is 0 Å². The van der Waals surface area contributed by atoms with Crippen LogP contribution < -0.4 is 0 Å². The van der Waals surface area contributed by atoms with E-state index in [4.69, 9.17) is 16.6 Å². The van der Waals surface area contributed by atoms with Gasteiger partial charge in [-0.05, 0) is 0 Å². The number of rotatable bonds is 0. The van der Waals surface area contributed by atoms with Gasteiger partial charge in [-0.2, -0.15) is 0 Å². The van der Waals surface area contributed by atoms with E-state index >= 15 is 0 Å². The third-order valence-electron chi connectivity index (χ3n) is 0. The molecule has 0 unspecified atom stereocenters. The molecule has 0 rings (SSSR count). The van der Waals surface area contributed by atoms with Crippen LogP contribution in [0.15, 0.2) is 0 Å². The fourth-order valence-electron chi connectivity index (χ4n) is 0. The molecule has 1 radical (unpaired) electrons. The van der Waals surface area contributed by atoms with Crippen LogP contribution in [0.3, 0.4) is 0 Å². The maximum atomic E-state index is 9.00. The zero-order chi connectivity index (χ0) is 6.28. The van der Waals surface area contributed by atoms with Crippen molar-refractivity contribution in [3.63, 3.8) is 0 Å².